The highest BCUT2D eigenvalue weighted by Gasteiger charge is 2.09. The van der Waals surface area contributed by atoms with Gasteiger partial charge in [-0.2, -0.15) is 0 Å². The molecule has 12 heteroatoms. The van der Waals surface area contributed by atoms with Crippen LogP contribution in [0, 0.1) is 10.8 Å². The van der Waals surface area contributed by atoms with Crippen molar-refractivity contribution in [1.29, 1.82) is 0 Å². The summed E-state index contributed by atoms with van der Waals surface area (Å²) in [4.78, 5) is 0. The summed E-state index contributed by atoms with van der Waals surface area (Å²) in [5.74, 6) is 0. The van der Waals surface area contributed by atoms with E-state index < -0.39 is 39.3 Å². The van der Waals surface area contributed by atoms with Gasteiger partial charge in [0.25, 0.3) is 0 Å². The second-order valence-corrected chi connectivity index (χ2v) is 28.1. The largest absolute Gasteiger partial charge is 0.327 e. The first kappa shape index (κ1) is 49.0. The Morgan fingerprint density at radius 2 is 0.675 bits per heavy atom. The molecule has 4 nitrogen and oxygen atoms in total. The fraction of sp³-hybridized carbons (Fsp3) is 0.929. The van der Waals surface area contributed by atoms with E-state index in [2.05, 4.69) is 96.9 Å². The van der Waals surface area contributed by atoms with E-state index in [4.69, 9.17) is 0 Å². The summed E-state index contributed by atoms with van der Waals surface area (Å²) in [7, 11) is 3.76. The van der Waals surface area contributed by atoms with Crippen LogP contribution in [0.5, 0.6) is 0 Å². The average molecular weight is 721 g/mol. The second-order valence-electron chi connectivity index (χ2n) is 12.7. The average Bonchev–Trinajstić information content (AvgIpc) is 2.63. The molecule has 0 rings (SSSR count). The molecule has 0 fully saturated rings. The van der Waals surface area contributed by atoms with Gasteiger partial charge in [-0.25, -0.2) is 8.42 Å². The minimum absolute atomic E-state index is 0.125. The highest BCUT2D eigenvalue weighted by Crippen LogP contribution is 2.33. The van der Waals surface area contributed by atoms with Crippen LogP contribution in [-0.4, -0.2) is 59.8 Å². The predicted molar refractivity (Wildman–Crippen MR) is 209 cm³/mol. The SMILES string of the molecule is CC(C)S/S(O)=C/C(C)(C)C.CC(C)S/S(O)=C/C(C)(C)C.CC(C)SS(=O)C(C)C.CC(C)SS(=O)C(C)C. The summed E-state index contributed by atoms with van der Waals surface area (Å²) in [5.41, 5.74) is 0.250. The Kier molecular flexibility index (Phi) is 32.2. The Hall–Kier alpha value is 2.06. The predicted octanol–water partition coefficient (Wildman–Crippen LogP) is 11.7. The lowest BCUT2D eigenvalue weighted by Gasteiger charge is -2.14. The van der Waals surface area contributed by atoms with Gasteiger partial charge in [-0.15, -0.1) is 0 Å². The van der Waals surface area contributed by atoms with Crippen molar-refractivity contribution >= 4 is 93.2 Å². The van der Waals surface area contributed by atoms with E-state index in [9.17, 15) is 17.5 Å². The number of rotatable bonds is 10. The van der Waals surface area contributed by atoms with Crippen LogP contribution in [0.15, 0.2) is 0 Å². The maximum absolute atomic E-state index is 11.0. The van der Waals surface area contributed by atoms with Crippen molar-refractivity contribution in [3.8, 4) is 0 Å². The van der Waals surface area contributed by atoms with Crippen molar-refractivity contribution in [2.45, 2.75) is 156 Å². The first-order valence-electron chi connectivity index (χ1n) is 13.8. The van der Waals surface area contributed by atoms with Crippen molar-refractivity contribution in [2.24, 2.45) is 10.8 Å². The fourth-order valence-electron chi connectivity index (χ4n) is 1.66. The number of hydrogen-bond donors (Lipinski definition) is 2. The molecule has 4 unspecified atom stereocenters. The Balaban J connectivity index is -0.000000217. The highest BCUT2D eigenvalue weighted by atomic mass is 33.1. The maximum Gasteiger partial charge on any atom is 0.0832 e. The standard InChI is InChI=1S/2C8H18OS2.2C6H14OS2/c2*1-7(2)10-11(9)6-8(3,4)5;2*1-5(2)8-9(7)6(3)4/h2*6-7,9H,1-5H3;2*5-6H,1-4H3. The van der Waals surface area contributed by atoms with Gasteiger partial charge in [0.05, 0.1) is 19.7 Å². The van der Waals surface area contributed by atoms with Crippen LogP contribution in [-0.2, 0) is 19.7 Å². The van der Waals surface area contributed by atoms with Gasteiger partial charge in [0.2, 0.25) is 0 Å². The smallest absolute Gasteiger partial charge is 0.0832 e. The summed E-state index contributed by atoms with van der Waals surface area (Å²) in [6.45, 7) is 37.1. The van der Waals surface area contributed by atoms with Crippen LogP contribution in [0.2, 0.25) is 0 Å². The zero-order valence-electron chi connectivity index (χ0n) is 28.6. The van der Waals surface area contributed by atoms with Gasteiger partial charge in [-0.1, -0.05) is 168 Å². The van der Waals surface area contributed by atoms with E-state index in [1.54, 1.807) is 21.6 Å². The molecule has 0 aliphatic rings. The second kappa shape index (κ2) is 26.3. The lowest BCUT2D eigenvalue weighted by Crippen LogP contribution is -2.05. The molecular formula is C28H64O4S8. The van der Waals surface area contributed by atoms with Crippen molar-refractivity contribution in [3.05, 3.63) is 0 Å². The van der Waals surface area contributed by atoms with Crippen molar-refractivity contribution in [2.75, 3.05) is 0 Å². The first-order chi connectivity index (χ1) is 17.7. The van der Waals surface area contributed by atoms with Gasteiger partial charge in [0, 0.05) is 31.5 Å². The molecule has 0 heterocycles. The molecule has 40 heavy (non-hydrogen) atoms. The molecule has 0 spiro atoms. The highest BCUT2D eigenvalue weighted by molar-refractivity contribution is 8.81. The van der Waals surface area contributed by atoms with Gasteiger partial charge in [0.1, 0.15) is 0 Å². The van der Waals surface area contributed by atoms with E-state index in [-0.39, 0.29) is 21.3 Å². The molecule has 0 saturated heterocycles. The molecule has 0 aromatic rings. The number of hydrogen-bond acceptors (Lipinski definition) is 8. The monoisotopic (exact) mass is 720 g/mol. The molecule has 0 radical (unpaired) electrons. The van der Waals surface area contributed by atoms with Gasteiger partial charge in [0.15, 0.2) is 0 Å². The van der Waals surface area contributed by atoms with E-state index in [1.807, 2.05) is 38.4 Å². The van der Waals surface area contributed by atoms with Crippen LogP contribution in [0.25, 0.3) is 0 Å². The molecule has 4 atom stereocenters. The molecule has 0 bridgehead atoms. The van der Waals surface area contributed by atoms with E-state index >= 15 is 0 Å². The van der Waals surface area contributed by atoms with E-state index in [0.717, 1.165) is 0 Å². The van der Waals surface area contributed by atoms with E-state index in [0.29, 0.717) is 21.0 Å². The third-order valence-electron chi connectivity index (χ3n) is 2.84. The van der Waals surface area contributed by atoms with Gasteiger partial charge in [-0.05, 0) is 41.2 Å². The summed E-state index contributed by atoms with van der Waals surface area (Å²) in [6, 6.07) is 0. The third kappa shape index (κ3) is 47.0. The Bertz CT molecular complexity index is 672. The Labute approximate surface area is 275 Å². The van der Waals surface area contributed by atoms with Crippen molar-refractivity contribution < 1.29 is 17.5 Å². The zero-order chi connectivity index (χ0) is 33.0. The van der Waals surface area contributed by atoms with Gasteiger partial charge >= 0.3 is 0 Å². The minimum Gasteiger partial charge on any atom is -0.327 e. The lowest BCUT2D eigenvalue weighted by atomic mass is 10.0. The summed E-state index contributed by atoms with van der Waals surface area (Å²) in [5, 5.41) is 6.54. The quantitative estimate of drug-likeness (QED) is 0.171. The molecule has 0 aromatic carbocycles. The molecule has 0 aliphatic carbocycles. The Morgan fingerprint density at radius 3 is 0.775 bits per heavy atom. The summed E-state index contributed by atoms with van der Waals surface area (Å²) >= 11 is 0. The third-order valence-corrected chi connectivity index (χ3v) is 18.3. The summed E-state index contributed by atoms with van der Waals surface area (Å²) < 4.78 is 41.0. The lowest BCUT2D eigenvalue weighted by molar-refractivity contribution is 0.610. The van der Waals surface area contributed by atoms with Crippen LogP contribution in [0.1, 0.15) is 125 Å². The normalized spacial score (nSPS) is 15.4. The summed E-state index contributed by atoms with van der Waals surface area (Å²) in [6.07, 6.45) is 0. The van der Waals surface area contributed by atoms with Gasteiger partial charge < -0.3 is 9.11 Å². The molecule has 0 saturated carbocycles. The molecule has 248 valence electrons. The van der Waals surface area contributed by atoms with Crippen LogP contribution in [0.4, 0.5) is 0 Å². The zero-order valence-corrected chi connectivity index (χ0v) is 35.1. The molecular weight excluding hydrogens is 657 g/mol. The van der Waals surface area contributed by atoms with Crippen molar-refractivity contribution in [3.63, 3.8) is 0 Å². The Morgan fingerprint density at radius 1 is 0.475 bits per heavy atom. The first-order valence-corrected chi connectivity index (χ1v) is 24.3. The molecule has 2 N–H and O–H groups in total. The van der Waals surface area contributed by atoms with Crippen LogP contribution >= 0.6 is 62.8 Å². The van der Waals surface area contributed by atoms with Gasteiger partial charge in [-0.3, -0.25) is 0 Å². The topological polar surface area (TPSA) is 74.6 Å². The van der Waals surface area contributed by atoms with E-state index in [1.165, 1.54) is 21.6 Å². The van der Waals surface area contributed by atoms with Crippen molar-refractivity contribution in [1.82, 2.24) is 0 Å². The minimum atomic E-state index is -0.685. The molecule has 0 aliphatic heterocycles. The maximum atomic E-state index is 11.0. The molecule has 0 aromatic heterocycles. The van der Waals surface area contributed by atoms with Crippen LogP contribution < -0.4 is 0 Å². The molecule has 0 amide bonds. The van der Waals surface area contributed by atoms with Crippen LogP contribution in [0.3, 0.4) is 0 Å². The fourth-order valence-corrected chi connectivity index (χ4v) is 13.0.